The van der Waals surface area contributed by atoms with Gasteiger partial charge in [-0.15, -0.1) is 0 Å². The molecule has 1 aromatic rings. The van der Waals surface area contributed by atoms with Crippen molar-refractivity contribution in [3.8, 4) is 0 Å². The lowest BCUT2D eigenvalue weighted by Gasteiger charge is -2.36. The highest BCUT2D eigenvalue weighted by molar-refractivity contribution is 5.67. The molecule has 1 aliphatic heterocycles. The second-order valence-electron chi connectivity index (χ2n) is 7.48. The maximum atomic E-state index is 11.9. The number of nitrogens with zero attached hydrogens (tertiary/aromatic N) is 1. The Bertz CT molecular complexity index is 522. The summed E-state index contributed by atoms with van der Waals surface area (Å²) < 4.78 is 5.32. The normalized spacial score (nSPS) is 19.1. The van der Waals surface area contributed by atoms with E-state index in [-0.39, 0.29) is 12.7 Å². The van der Waals surface area contributed by atoms with Gasteiger partial charge in [0.25, 0.3) is 0 Å². The molecular weight excluding hydrogens is 304 g/mol. The number of carbonyl (C=O) groups excluding carboxylic acids is 1. The van der Waals surface area contributed by atoms with E-state index in [1.54, 1.807) is 0 Å². The smallest absolute Gasteiger partial charge is 0.407 e. The average molecular weight is 334 g/mol. The molecule has 0 spiro atoms. The zero-order chi connectivity index (χ0) is 17.6. The van der Waals surface area contributed by atoms with Crippen LogP contribution in [0.5, 0.6) is 0 Å². The highest BCUT2D eigenvalue weighted by Crippen LogP contribution is 2.20. The van der Waals surface area contributed by atoms with Crippen LogP contribution in [0.1, 0.15) is 51.2 Å². The van der Waals surface area contributed by atoms with Crippen LogP contribution < -0.4 is 5.32 Å². The first-order chi connectivity index (χ1) is 11.4. The van der Waals surface area contributed by atoms with Crippen molar-refractivity contribution < 1.29 is 14.6 Å². The number of nitrogens with one attached hydrogen (secondary N) is 1. The van der Waals surface area contributed by atoms with E-state index in [2.05, 4.69) is 22.3 Å². The third-order valence-corrected chi connectivity index (χ3v) is 4.22. The molecule has 1 aliphatic rings. The molecule has 0 bridgehead atoms. The molecule has 1 amide bonds. The number of hydrogen-bond acceptors (Lipinski definition) is 4. The van der Waals surface area contributed by atoms with E-state index in [1.807, 2.05) is 32.9 Å². The quantitative estimate of drug-likeness (QED) is 0.869. The maximum absolute atomic E-state index is 11.9. The summed E-state index contributed by atoms with van der Waals surface area (Å²) in [6, 6.07) is 8.40. The summed E-state index contributed by atoms with van der Waals surface area (Å²) in [5.41, 5.74) is 1.70. The fourth-order valence-corrected chi connectivity index (χ4v) is 3.00. The minimum Gasteiger partial charge on any atom is -0.444 e. The minimum absolute atomic E-state index is 0.0758. The Morgan fingerprint density at radius 2 is 1.92 bits per heavy atom. The van der Waals surface area contributed by atoms with E-state index < -0.39 is 5.60 Å². The molecule has 0 saturated carbocycles. The lowest BCUT2D eigenvalue weighted by atomic mass is 10.0. The van der Waals surface area contributed by atoms with Crippen molar-refractivity contribution >= 4 is 6.09 Å². The predicted molar refractivity (Wildman–Crippen MR) is 94.7 cm³/mol. The van der Waals surface area contributed by atoms with Gasteiger partial charge in [-0.1, -0.05) is 30.7 Å². The van der Waals surface area contributed by atoms with E-state index in [9.17, 15) is 4.79 Å². The molecule has 2 N–H and O–H groups in total. The van der Waals surface area contributed by atoms with E-state index in [4.69, 9.17) is 9.84 Å². The molecule has 0 aliphatic carbocycles. The van der Waals surface area contributed by atoms with Crippen molar-refractivity contribution in [2.75, 3.05) is 13.1 Å². The van der Waals surface area contributed by atoms with Crippen LogP contribution in [0.3, 0.4) is 0 Å². The molecule has 1 unspecified atom stereocenters. The van der Waals surface area contributed by atoms with Crippen molar-refractivity contribution in [3.05, 3.63) is 35.4 Å². The molecule has 5 nitrogen and oxygen atoms in total. The molecule has 2 rings (SSSR count). The molecule has 1 aromatic carbocycles. The fourth-order valence-electron chi connectivity index (χ4n) is 3.00. The zero-order valence-electron chi connectivity index (χ0n) is 15.0. The van der Waals surface area contributed by atoms with Crippen molar-refractivity contribution in [1.82, 2.24) is 10.2 Å². The van der Waals surface area contributed by atoms with Crippen LogP contribution in [0.2, 0.25) is 0 Å². The van der Waals surface area contributed by atoms with Gasteiger partial charge in [0.1, 0.15) is 5.60 Å². The van der Waals surface area contributed by atoms with Gasteiger partial charge < -0.3 is 15.2 Å². The summed E-state index contributed by atoms with van der Waals surface area (Å²) >= 11 is 0. The summed E-state index contributed by atoms with van der Waals surface area (Å²) in [4.78, 5) is 14.3. The highest BCUT2D eigenvalue weighted by Gasteiger charge is 2.24. The minimum atomic E-state index is -0.467. The van der Waals surface area contributed by atoms with Crippen molar-refractivity contribution in [1.29, 1.82) is 0 Å². The molecule has 1 saturated heterocycles. The number of rotatable bonds is 5. The predicted octanol–water partition coefficient (Wildman–Crippen LogP) is 3.06. The van der Waals surface area contributed by atoms with Crippen LogP contribution in [0.15, 0.2) is 24.3 Å². The van der Waals surface area contributed by atoms with Gasteiger partial charge in [-0.25, -0.2) is 4.79 Å². The van der Waals surface area contributed by atoms with Crippen LogP contribution >= 0.6 is 0 Å². The zero-order valence-corrected chi connectivity index (χ0v) is 15.0. The topological polar surface area (TPSA) is 61.8 Å². The van der Waals surface area contributed by atoms with Crippen molar-refractivity contribution in [2.24, 2.45) is 0 Å². The SMILES string of the molecule is CC(C)(C)OC(=O)NCC1CCCCN1Cc1ccc(CO)cc1. The van der Waals surface area contributed by atoms with Gasteiger partial charge in [-0.2, -0.15) is 0 Å². The van der Waals surface area contributed by atoms with E-state index in [0.717, 1.165) is 25.1 Å². The number of carbonyl (C=O) groups is 1. The van der Waals surface area contributed by atoms with Crippen LogP contribution in [0.4, 0.5) is 4.79 Å². The third-order valence-electron chi connectivity index (χ3n) is 4.22. The second-order valence-corrected chi connectivity index (χ2v) is 7.48. The number of benzene rings is 1. The van der Waals surface area contributed by atoms with E-state index >= 15 is 0 Å². The Kier molecular flexibility index (Phi) is 6.63. The third kappa shape index (κ3) is 6.13. The van der Waals surface area contributed by atoms with Crippen molar-refractivity contribution in [2.45, 2.75) is 64.8 Å². The molecule has 0 radical (unpaired) electrons. The summed E-state index contributed by atoms with van der Waals surface area (Å²) in [6.45, 7) is 8.21. The van der Waals surface area contributed by atoms with Gasteiger partial charge in [0.05, 0.1) is 6.61 Å². The Morgan fingerprint density at radius 3 is 2.54 bits per heavy atom. The first-order valence-corrected chi connectivity index (χ1v) is 8.77. The molecule has 0 aromatic heterocycles. The molecule has 1 atom stereocenters. The maximum Gasteiger partial charge on any atom is 0.407 e. The van der Waals surface area contributed by atoms with Crippen LogP contribution in [-0.2, 0) is 17.9 Å². The number of likely N-dealkylation sites (tertiary alicyclic amines) is 1. The van der Waals surface area contributed by atoms with Gasteiger partial charge in [0.2, 0.25) is 0 Å². The molecule has 134 valence electrons. The lowest BCUT2D eigenvalue weighted by Crippen LogP contribution is -2.47. The lowest BCUT2D eigenvalue weighted by molar-refractivity contribution is 0.0492. The van der Waals surface area contributed by atoms with Gasteiger partial charge >= 0.3 is 6.09 Å². The number of alkyl carbamates (subject to hydrolysis) is 1. The molecule has 1 heterocycles. The van der Waals surface area contributed by atoms with Gasteiger partial charge in [0, 0.05) is 19.1 Å². The average Bonchev–Trinajstić information content (AvgIpc) is 2.53. The van der Waals surface area contributed by atoms with Crippen molar-refractivity contribution in [3.63, 3.8) is 0 Å². The highest BCUT2D eigenvalue weighted by atomic mass is 16.6. The Balaban J connectivity index is 1.88. The Morgan fingerprint density at radius 1 is 1.25 bits per heavy atom. The molecule has 1 fully saturated rings. The largest absolute Gasteiger partial charge is 0.444 e. The van der Waals surface area contributed by atoms with E-state index in [0.29, 0.717) is 12.6 Å². The standard InChI is InChI=1S/C19H30N2O3/c1-19(2,3)24-18(23)20-12-17-6-4-5-11-21(17)13-15-7-9-16(14-22)10-8-15/h7-10,17,22H,4-6,11-14H2,1-3H3,(H,20,23). The summed E-state index contributed by atoms with van der Waals surface area (Å²) in [6.07, 6.45) is 3.13. The Labute approximate surface area is 145 Å². The number of aliphatic hydroxyl groups excluding tert-OH is 1. The fraction of sp³-hybridized carbons (Fsp3) is 0.632. The van der Waals surface area contributed by atoms with E-state index in [1.165, 1.54) is 18.4 Å². The van der Waals surface area contributed by atoms with Gasteiger partial charge in [0.15, 0.2) is 0 Å². The van der Waals surface area contributed by atoms with Gasteiger partial charge in [-0.05, 0) is 51.3 Å². The molecule has 24 heavy (non-hydrogen) atoms. The Hall–Kier alpha value is -1.59. The first-order valence-electron chi connectivity index (χ1n) is 8.77. The summed E-state index contributed by atoms with van der Waals surface area (Å²) in [5, 5.41) is 12.0. The van der Waals surface area contributed by atoms with Crippen LogP contribution in [-0.4, -0.2) is 40.8 Å². The monoisotopic (exact) mass is 334 g/mol. The molecule has 5 heteroatoms. The summed E-state index contributed by atoms with van der Waals surface area (Å²) in [5.74, 6) is 0. The van der Waals surface area contributed by atoms with Gasteiger partial charge in [-0.3, -0.25) is 4.90 Å². The number of amides is 1. The number of aliphatic hydroxyl groups is 1. The first kappa shape index (κ1) is 18.7. The number of hydrogen-bond donors (Lipinski definition) is 2. The molecular formula is C19H30N2O3. The van der Waals surface area contributed by atoms with Crippen LogP contribution in [0, 0.1) is 0 Å². The number of ether oxygens (including phenoxy) is 1. The number of piperidine rings is 1. The van der Waals surface area contributed by atoms with Crippen LogP contribution in [0.25, 0.3) is 0 Å². The summed E-state index contributed by atoms with van der Waals surface area (Å²) in [7, 11) is 0. The second kappa shape index (κ2) is 8.49.